The van der Waals surface area contributed by atoms with Gasteiger partial charge in [0.15, 0.2) is 0 Å². The van der Waals surface area contributed by atoms with Crippen molar-refractivity contribution in [2.75, 3.05) is 13.6 Å². The lowest BCUT2D eigenvalue weighted by Crippen LogP contribution is -2.24. The van der Waals surface area contributed by atoms with Crippen molar-refractivity contribution in [1.29, 1.82) is 0 Å². The SMILES string of the molecule is Cc1oc(-c2cccs2)nc1CN(C)CC1CCCC1. The monoisotopic (exact) mass is 290 g/mol. The third kappa shape index (κ3) is 3.13. The zero-order valence-corrected chi connectivity index (χ0v) is 13.1. The van der Waals surface area contributed by atoms with Crippen molar-refractivity contribution in [3.8, 4) is 10.8 Å². The summed E-state index contributed by atoms with van der Waals surface area (Å²) in [5, 5.41) is 2.06. The minimum Gasteiger partial charge on any atom is -0.440 e. The second-order valence-corrected chi connectivity index (χ2v) is 6.79. The molecule has 0 saturated heterocycles. The van der Waals surface area contributed by atoms with E-state index in [0.29, 0.717) is 0 Å². The lowest BCUT2D eigenvalue weighted by molar-refractivity contribution is 0.267. The van der Waals surface area contributed by atoms with Gasteiger partial charge in [0.2, 0.25) is 5.89 Å². The minimum atomic E-state index is 0.766. The summed E-state index contributed by atoms with van der Waals surface area (Å²) in [5.74, 6) is 2.59. The molecule has 1 fully saturated rings. The van der Waals surface area contributed by atoms with Crippen molar-refractivity contribution in [1.82, 2.24) is 9.88 Å². The van der Waals surface area contributed by atoms with Crippen LogP contribution in [-0.4, -0.2) is 23.5 Å². The van der Waals surface area contributed by atoms with Crippen molar-refractivity contribution in [3.63, 3.8) is 0 Å². The minimum absolute atomic E-state index is 0.766. The first kappa shape index (κ1) is 13.8. The van der Waals surface area contributed by atoms with E-state index >= 15 is 0 Å². The second-order valence-electron chi connectivity index (χ2n) is 5.85. The Labute approximate surface area is 124 Å². The van der Waals surface area contributed by atoms with Crippen molar-refractivity contribution >= 4 is 11.3 Å². The van der Waals surface area contributed by atoms with Gasteiger partial charge in [-0.05, 0) is 44.2 Å². The van der Waals surface area contributed by atoms with Gasteiger partial charge in [0.1, 0.15) is 5.76 Å². The van der Waals surface area contributed by atoms with Gasteiger partial charge in [0.25, 0.3) is 0 Å². The lowest BCUT2D eigenvalue weighted by Gasteiger charge is -2.19. The smallest absolute Gasteiger partial charge is 0.236 e. The zero-order valence-electron chi connectivity index (χ0n) is 12.3. The van der Waals surface area contributed by atoms with E-state index in [-0.39, 0.29) is 0 Å². The van der Waals surface area contributed by atoms with Crippen LogP contribution in [0, 0.1) is 12.8 Å². The topological polar surface area (TPSA) is 29.3 Å². The zero-order chi connectivity index (χ0) is 13.9. The molecular formula is C16H22N2OS. The second kappa shape index (κ2) is 6.10. The Kier molecular flexibility index (Phi) is 4.22. The first-order valence-corrected chi connectivity index (χ1v) is 8.29. The molecule has 0 radical (unpaired) electrons. The van der Waals surface area contributed by atoms with Gasteiger partial charge < -0.3 is 9.32 Å². The van der Waals surface area contributed by atoms with Gasteiger partial charge >= 0.3 is 0 Å². The van der Waals surface area contributed by atoms with Gasteiger partial charge in [-0.3, -0.25) is 0 Å². The van der Waals surface area contributed by atoms with Crippen LogP contribution >= 0.6 is 11.3 Å². The normalized spacial score (nSPS) is 16.4. The lowest BCUT2D eigenvalue weighted by atomic mass is 10.1. The van der Waals surface area contributed by atoms with E-state index in [9.17, 15) is 0 Å². The number of thiophene rings is 1. The maximum absolute atomic E-state index is 5.80. The van der Waals surface area contributed by atoms with Gasteiger partial charge in [-0.1, -0.05) is 18.9 Å². The first-order chi connectivity index (χ1) is 9.72. The molecule has 1 aliphatic carbocycles. The third-order valence-corrected chi connectivity index (χ3v) is 4.95. The van der Waals surface area contributed by atoms with E-state index in [2.05, 4.69) is 28.4 Å². The van der Waals surface area contributed by atoms with Crippen LogP contribution in [0.4, 0.5) is 0 Å². The van der Waals surface area contributed by atoms with Crippen LogP contribution < -0.4 is 0 Å². The molecule has 4 heteroatoms. The van der Waals surface area contributed by atoms with Crippen molar-refractivity contribution < 1.29 is 4.42 Å². The molecule has 0 spiro atoms. The molecule has 2 aromatic rings. The highest BCUT2D eigenvalue weighted by Crippen LogP contribution is 2.28. The van der Waals surface area contributed by atoms with Crippen LogP contribution in [0.2, 0.25) is 0 Å². The van der Waals surface area contributed by atoms with E-state index in [1.165, 1.54) is 32.2 Å². The molecule has 2 aromatic heterocycles. The molecule has 3 nitrogen and oxygen atoms in total. The summed E-state index contributed by atoms with van der Waals surface area (Å²) in [7, 11) is 2.19. The Morgan fingerprint density at radius 1 is 1.40 bits per heavy atom. The van der Waals surface area contributed by atoms with Gasteiger partial charge in [-0.2, -0.15) is 0 Å². The molecule has 108 valence electrons. The molecule has 0 unspecified atom stereocenters. The van der Waals surface area contributed by atoms with Crippen LogP contribution in [0.25, 0.3) is 10.8 Å². The van der Waals surface area contributed by atoms with Gasteiger partial charge in [-0.15, -0.1) is 11.3 Å². The maximum Gasteiger partial charge on any atom is 0.236 e. The molecule has 0 bridgehead atoms. The molecule has 0 aromatic carbocycles. The number of aromatic nitrogens is 1. The van der Waals surface area contributed by atoms with Crippen LogP contribution in [0.5, 0.6) is 0 Å². The molecule has 3 rings (SSSR count). The summed E-state index contributed by atoms with van der Waals surface area (Å²) in [6.45, 7) is 4.08. The van der Waals surface area contributed by atoms with E-state index in [1.807, 2.05) is 13.0 Å². The van der Waals surface area contributed by atoms with Gasteiger partial charge in [0.05, 0.1) is 10.6 Å². The number of hydrogen-bond acceptors (Lipinski definition) is 4. The molecule has 0 amide bonds. The van der Waals surface area contributed by atoms with Crippen LogP contribution in [0.1, 0.15) is 37.1 Å². The molecule has 20 heavy (non-hydrogen) atoms. The van der Waals surface area contributed by atoms with Gasteiger partial charge in [-0.25, -0.2) is 4.98 Å². The summed E-state index contributed by atoms with van der Waals surface area (Å²) in [6.07, 6.45) is 5.60. The van der Waals surface area contributed by atoms with Crippen molar-refractivity contribution in [2.45, 2.75) is 39.2 Å². The van der Waals surface area contributed by atoms with Gasteiger partial charge in [0, 0.05) is 13.1 Å². The molecular weight excluding hydrogens is 268 g/mol. The summed E-state index contributed by atoms with van der Waals surface area (Å²) in [4.78, 5) is 8.17. The number of hydrogen-bond donors (Lipinski definition) is 0. The fourth-order valence-corrected chi connectivity index (χ4v) is 3.68. The third-order valence-electron chi connectivity index (χ3n) is 4.09. The van der Waals surface area contributed by atoms with Crippen LogP contribution in [-0.2, 0) is 6.54 Å². The molecule has 0 atom stereocenters. The summed E-state index contributed by atoms with van der Waals surface area (Å²) >= 11 is 1.67. The van der Waals surface area contributed by atoms with E-state index in [4.69, 9.17) is 4.42 Å². The Hall–Kier alpha value is -1.13. The largest absolute Gasteiger partial charge is 0.440 e. The number of aryl methyl sites for hydroxylation is 1. The summed E-state index contributed by atoms with van der Waals surface area (Å²) < 4.78 is 5.80. The highest BCUT2D eigenvalue weighted by atomic mass is 32.1. The Morgan fingerprint density at radius 3 is 2.90 bits per heavy atom. The molecule has 2 heterocycles. The maximum atomic E-state index is 5.80. The first-order valence-electron chi connectivity index (χ1n) is 7.41. The molecule has 0 aliphatic heterocycles. The Morgan fingerprint density at radius 2 is 2.20 bits per heavy atom. The quantitative estimate of drug-likeness (QED) is 0.820. The molecule has 1 aliphatic rings. The number of oxazole rings is 1. The molecule has 0 N–H and O–H groups in total. The van der Waals surface area contributed by atoms with E-state index < -0.39 is 0 Å². The van der Waals surface area contributed by atoms with Crippen molar-refractivity contribution in [3.05, 3.63) is 29.0 Å². The van der Waals surface area contributed by atoms with Crippen molar-refractivity contribution in [2.24, 2.45) is 5.92 Å². The predicted molar refractivity (Wildman–Crippen MR) is 82.8 cm³/mol. The van der Waals surface area contributed by atoms with E-state index in [1.54, 1.807) is 11.3 Å². The average molecular weight is 290 g/mol. The Bertz CT molecular complexity index is 541. The summed E-state index contributed by atoms with van der Waals surface area (Å²) in [6, 6.07) is 4.09. The van der Waals surface area contributed by atoms with E-state index in [0.717, 1.165) is 34.7 Å². The summed E-state index contributed by atoms with van der Waals surface area (Å²) in [5.41, 5.74) is 1.08. The number of rotatable bonds is 5. The average Bonchev–Trinajstić information content (AvgIpc) is 3.12. The highest BCUT2D eigenvalue weighted by molar-refractivity contribution is 7.13. The number of nitrogens with zero attached hydrogens (tertiary/aromatic N) is 2. The fraction of sp³-hybridized carbons (Fsp3) is 0.562. The van der Waals surface area contributed by atoms with Crippen LogP contribution in [0.3, 0.4) is 0 Å². The Balaban J connectivity index is 1.64. The van der Waals surface area contributed by atoms with Crippen LogP contribution in [0.15, 0.2) is 21.9 Å². The predicted octanol–water partition coefficient (Wildman–Crippen LogP) is 4.33. The standard InChI is InChI=1S/C16H22N2OS/c1-12-14(11-18(2)10-13-6-3-4-7-13)17-16(19-12)15-8-5-9-20-15/h5,8-9,13H,3-4,6-7,10-11H2,1-2H3. The molecule has 1 saturated carbocycles. The highest BCUT2D eigenvalue weighted by Gasteiger charge is 2.19. The fourth-order valence-electron chi connectivity index (χ4n) is 3.03.